The van der Waals surface area contributed by atoms with Crippen LogP contribution < -0.4 is 0 Å². The van der Waals surface area contributed by atoms with Gasteiger partial charge in [-0.05, 0) is 80.9 Å². The van der Waals surface area contributed by atoms with Crippen molar-refractivity contribution in [3.63, 3.8) is 0 Å². The molecule has 0 bridgehead atoms. The summed E-state index contributed by atoms with van der Waals surface area (Å²) in [6.07, 6.45) is 0. The Labute approximate surface area is 268 Å². The number of fused-ring (bicyclic) bond motifs is 6. The van der Waals surface area contributed by atoms with Crippen molar-refractivity contribution < 1.29 is 4.42 Å². The average Bonchev–Trinajstić information content (AvgIpc) is 3.59. The number of hydrogen-bond donors (Lipinski definition) is 0. The van der Waals surface area contributed by atoms with E-state index in [-0.39, 0.29) is 5.41 Å². The van der Waals surface area contributed by atoms with Gasteiger partial charge >= 0.3 is 0 Å². The summed E-state index contributed by atoms with van der Waals surface area (Å²) in [4.78, 5) is 5.12. The minimum atomic E-state index is -0.105. The number of hydrogen-bond acceptors (Lipinski definition) is 2. The number of aromatic nitrogens is 1. The van der Waals surface area contributed by atoms with Crippen molar-refractivity contribution in [2.75, 3.05) is 0 Å². The Kier molecular flexibility index (Phi) is 5.88. The molecule has 1 aliphatic rings. The van der Waals surface area contributed by atoms with Crippen molar-refractivity contribution >= 4 is 21.9 Å². The molecule has 46 heavy (non-hydrogen) atoms. The number of benzene rings is 6. The van der Waals surface area contributed by atoms with E-state index in [1.807, 2.05) is 12.1 Å². The minimum Gasteiger partial charge on any atom is -0.456 e. The van der Waals surface area contributed by atoms with Crippen LogP contribution in [0.4, 0.5) is 0 Å². The Morgan fingerprint density at radius 3 is 1.72 bits per heavy atom. The second kappa shape index (κ2) is 10.2. The zero-order chi connectivity index (χ0) is 30.8. The van der Waals surface area contributed by atoms with Crippen LogP contribution in [0.5, 0.6) is 0 Å². The van der Waals surface area contributed by atoms with E-state index >= 15 is 0 Å². The molecular formula is C44H31NO. The maximum absolute atomic E-state index is 6.27. The quantitative estimate of drug-likeness (QED) is 0.204. The summed E-state index contributed by atoms with van der Waals surface area (Å²) in [6, 6.07) is 54.1. The standard InChI is InChI=1S/C44H31NO/c1-44(2)38-22-21-32(23-35(38)36-26-37-34-15-9-10-16-42(34)46-43(37)27-39(36)44)29-17-19-31(20-18-29)41-25-33(28-11-5-3-6-12-28)24-40(45-41)30-13-7-4-8-14-30/h3-27H,1-2H3. The molecule has 0 aliphatic heterocycles. The molecule has 0 amide bonds. The van der Waals surface area contributed by atoms with Gasteiger partial charge < -0.3 is 4.42 Å². The molecule has 0 N–H and O–H groups in total. The van der Waals surface area contributed by atoms with Gasteiger partial charge in [-0.1, -0.05) is 129 Å². The van der Waals surface area contributed by atoms with Gasteiger partial charge in [0.1, 0.15) is 11.2 Å². The fraction of sp³-hybridized carbons (Fsp3) is 0.0682. The van der Waals surface area contributed by atoms with E-state index in [2.05, 4.69) is 153 Å². The lowest BCUT2D eigenvalue weighted by molar-refractivity contribution is 0.647. The second-order valence-corrected chi connectivity index (χ2v) is 12.8. The van der Waals surface area contributed by atoms with E-state index in [1.54, 1.807) is 0 Å². The van der Waals surface area contributed by atoms with Crippen molar-refractivity contribution in [2.45, 2.75) is 19.3 Å². The normalized spacial score (nSPS) is 13.2. The molecule has 0 fully saturated rings. The first-order valence-electron chi connectivity index (χ1n) is 15.9. The number of para-hydroxylation sites is 1. The molecule has 2 heterocycles. The maximum atomic E-state index is 6.27. The van der Waals surface area contributed by atoms with E-state index in [9.17, 15) is 0 Å². The Bertz CT molecular complexity index is 2360. The highest BCUT2D eigenvalue weighted by molar-refractivity contribution is 6.07. The van der Waals surface area contributed by atoms with Gasteiger partial charge in [-0.25, -0.2) is 4.98 Å². The largest absolute Gasteiger partial charge is 0.456 e. The lowest BCUT2D eigenvalue weighted by Crippen LogP contribution is -2.14. The summed E-state index contributed by atoms with van der Waals surface area (Å²) in [7, 11) is 0. The third-order valence-electron chi connectivity index (χ3n) is 9.69. The van der Waals surface area contributed by atoms with Gasteiger partial charge in [-0.3, -0.25) is 0 Å². The van der Waals surface area contributed by atoms with Crippen molar-refractivity contribution in [3.8, 4) is 55.9 Å². The van der Waals surface area contributed by atoms with E-state index < -0.39 is 0 Å². The van der Waals surface area contributed by atoms with E-state index in [0.29, 0.717) is 0 Å². The summed E-state index contributed by atoms with van der Waals surface area (Å²) in [5, 5.41) is 2.34. The van der Waals surface area contributed by atoms with Gasteiger partial charge in [-0.15, -0.1) is 0 Å². The zero-order valence-corrected chi connectivity index (χ0v) is 25.8. The highest BCUT2D eigenvalue weighted by Crippen LogP contribution is 2.51. The van der Waals surface area contributed by atoms with Crippen molar-refractivity contribution in [2.24, 2.45) is 0 Å². The molecule has 8 aromatic rings. The molecule has 0 saturated heterocycles. The van der Waals surface area contributed by atoms with E-state index in [0.717, 1.165) is 39.2 Å². The number of nitrogens with zero attached hydrogens (tertiary/aromatic N) is 1. The third-order valence-corrected chi connectivity index (χ3v) is 9.69. The Balaban J connectivity index is 1.12. The maximum Gasteiger partial charge on any atom is 0.135 e. The van der Waals surface area contributed by atoms with Crippen LogP contribution in [0, 0.1) is 0 Å². The summed E-state index contributed by atoms with van der Waals surface area (Å²) < 4.78 is 6.27. The predicted molar refractivity (Wildman–Crippen MR) is 191 cm³/mol. The van der Waals surface area contributed by atoms with Gasteiger partial charge in [-0.2, -0.15) is 0 Å². The first kappa shape index (κ1) is 26.7. The van der Waals surface area contributed by atoms with Crippen LogP contribution in [-0.4, -0.2) is 4.98 Å². The van der Waals surface area contributed by atoms with Crippen LogP contribution >= 0.6 is 0 Å². The van der Waals surface area contributed by atoms with Gasteiger partial charge in [0, 0.05) is 27.3 Å². The summed E-state index contributed by atoms with van der Waals surface area (Å²) >= 11 is 0. The van der Waals surface area contributed by atoms with Crippen LogP contribution in [0.3, 0.4) is 0 Å². The average molecular weight is 590 g/mol. The highest BCUT2D eigenvalue weighted by Gasteiger charge is 2.36. The fourth-order valence-electron chi connectivity index (χ4n) is 7.21. The minimum absolute atomic E-state index is 0.105. The lowest BCUT2D eigenvalue weighted by Gasteiger charge is -2.21. The van der Waals surface area contributed by atoms with Gasteiger partial charge in [0.2, 0.25) is 0 Å². The zero-order valence-electron chi connectivity index (χ0n) is 25.8. The molecule has 6 aromatic carbocycles. The SMILES string of the molecule is CC1(C)c2ccc(-c3ccc(-c4cc(-c5ccccc5)cc(-c5ccccc5)n4)cc3)cc2-c2cc3c(cc21)oc1ccccc13. The molecule has 218 valence electrons. The molecular weight excluding hydrogens is 558 g/mol. The molecule has 0 saturated carbocycles. The number of pyridine rings is 1. The summed E-state index contributed by atoms with van der Waals surface area (Å²) in [6.45, 7) is 4.64. The predicted octanol–water partition coefficient (Wildman–Crippen LogP) is 12.0. The monoisotopic (exact) mass is 589 g/mol. The Morgan fingerprint density at radius 2 is 0.978 bits per heavy atom. The molecule has 0 atom stereocenters. The molecule has 0 spiro atoms. The van der Waals surface area contributed by atoms with Gasteiger partial charge in [0.15, 0.2) is 0 Å². The summed E-state index contributed by atoms with van der Waals surface area (Å²) in [5.74, 6) is 0. The van der Waals surface area contributed by atoms with Gasteiger partial charge in [0.25, 0.3) is 0 Å². The molecule has 1 aliphatic carbocycles. The highest BCUT2D eigenvalue weighted by atomic mass is 16.3. The lowest BCUT2D eigenvalue weighted by atomic mass is 9.82. The molecule has 0 radical (unpaired) electrons. The van der Waals surface area contributed by atoms with E-state index in [4.69, 9.17) is 9.40 Å². The Morgan fingerprint density at radius 1 is 0.413 bits per heavy atom. The van der Waals surface area contributed by atoms with Crippen LogP contribution in [0.1, 0.15) is 25.0 Å². The first-order chi connectivity index (χ1) is 22.5. The third kappa shape index (κ3) is 4.22. The van der Waals surface area contributed by atoms with Crippen LogP contribution in [0.15, 0.2) is 156 Å². The number of furan rings is 1. The molecule has 0 unspecified atom stereocenters. The molecule has 9 rings (SSSR count). The van der Waals surface area contributed by atoms with Crippen molar-refractivity contribution in [3.05, 3.63) is 163 Å². The van der Waals surface area contributed by atoms with Crippen LogP contribution in [0.25, 0.3) is 77.8 Å². The van der Waals surface area contributed by atoms with Crippen LogP contribution in [-0.2, 0) is 5.41 Å². The first-order valence-corrected chi connectivity index (χ1v) is 15.9. The molecule has 2 heteroatoms. The molecule has 2 aromatic heterocycles. The van der Waals surface area contributed by atoms with Crippen molar-refractivity contribution in [1.29, 1.82) is 0 Å². The molecule has 2 nitrogen and oxygen atoms in total. The second-order valence-electron chi connectivity index (χ2n) is 12.8. The topological polar surface area (TPSA) is 26.0 Å². The summed E-state index contributed by atoms with van der Waals surface area (Å²) in [5.41, 5.74) is 16.0. The smallest absolute Gasteiger partial charge is 0.135 e. The number of rotatable bonds is 4. The Hall–Kier alpha value is -5.73. The van der Waals surface area contributed by atoms with Crippen LogP contribution in [0.2, 0.25) is 0 Å². The van der Waals surface area contributed by atoms with E-state index in [1.165, 1.54) is 49.7 Å². The fourth-order valence-corrected chi connectivity index (χ4v) is 7.21. The van der Waals surface area contributed by atoms with Crippen molar-refractivity contribution in [1.82, 2.24) is 4.98 Å². The van der Waals surface area contributed by atoms with Gasteiger partial charge in [0.05, 0.1) is 11.4 Å².